The summed E-state index contributed by atoms with van der Waals surface area (Å²) in [5, 5.41) is 9.39. The third-order valence-electron chi connectivity index (χ3n) is 3.68. The van der Waals surface area contributed by atoms with Crippen molar-refractivity contribution in [1.29, 1.82) is 5.26 Å². The summed E-state index contributed by atoms with van der Waals surface area (Å²) in [6, 6.07) is 3.81. The average Bonchev–Trinajstić information content (AvgIpc) is 2.53. The van der Waals surface area contributed by atoms with Crippen molar-refractivity contribution in [1.82, 2.24) is 4.90 Å². The molecule has 0 saturated carbocycles. The van der Waals surface area contributed by atoms with E-state index in [0.29, 0.717) is 4.90 Å². The van der Waals surface area contributed by atoms with E-state index in [1.807, 2.05) is 6.07 Å². The van der Waals surface area contributed by atoms with Crippen LogP contribution in [-0.4, -0.2) is 29.3 Å². The van der Waals surface area contributed by atoms with Gasteiger partial charge in [-0.1, -0.05) is 12.1 Å². The predicted molar refractivity (Wildman–Crippen MR) is 80.7 cm³/mol. The molecule has 1 aliphatic rings. The first-order valence-electron chi connectivity index (χ1n) is 7.32. The molecule has 0 radical (unpaired) electrons. The fraction of sp³-hybridized carbons (Fsp3) is 0.375. The molecule has 1 aromatic rings. The van der Waals surface area contributed by atoms with Crippen molar-refractivity contribution in [2.45, 2.75) is 26.1 Å². The highest BCUT2D eigenvalue weighted by molar-refractivity contribution is 6.04. The van der Waals surface area contributed by atoms with Gasteiger partial charge in [0.2, 0.25) is 0 Å². The highest BCUT2D eigenvalue weighted by Crippen LogP contribution is 2.37. The molecule has 1 aliphatic heterocycles. The molecule has 2 rings (SSSR count). The number of rotatable bonds is 2. The van der Waals surface area contributed by atoms with Gasteiger partial charge >= 0.3 is 18.3 Å². The highest BCUT2D eigenvalue weighted by atomic mass is 19.4. The van der Waals surface area contributed by atoms with Gasteiger partial charge in [-0.3, -0.25) is 0 Å². The van der Waals surface area contributed by atoms with E-state index in [4.69, 9.17) is 4.74 Å². The molecule has 0 aromatic heterocycles. The third kappa shape index (κ3) is 3.63. The Kier molecular flexibility index (Phi) is 5.11. The number of halogens is 3. The van der Waals surface area contributed by atoms with E-state index >= 15 is 0 Å². The van der Waals surface area contributed by atoms with E-state index in [9.17, 15) is 28.0 Å². The number of hydrogen-bond donors (Lipinski definition) is 0. The lowest BCUT2D eigenvalue weighted by Crippen LogP contribution is -2.47. The van der Waals surface area contributed by atoms with Gasteiger partial charge in [0.05, 0.1) is 24.3 Å². The summed E-state index contributed by atoms with van der Waals surface area (Å²) in [7, 11) is 0. The summed E-state index contributed by atoms with van der Waals surface area (Å²) in [5.74, 6) is -1.08. The van der Waals surface area contributed by atoms with Crippen molar-refractivity contribution in [2.24, 2.45) is 10.9 Å². The van der Waals surface area contributed by atoms with Crippen molar-refractivity contribution >= 4 is 17.8 Å². The number of hydrogen-bond acceptors (Lipinski definition) is 4. The predicted octanol–water partition coefficient (Wildman–Crippen LogP) is 3.94. The minimum atomic E-state index is -4.60. The van der Waals surface area contributed by atoms with Crippen LogP contribution in [-0.2, 0) is 10.9 Å². The van der Waals surface area contributed by atoms with Crippen LogP contribution in [0.3, 0.4) is 0 Å². The number of alkyl halides is 3. The molecule has 2 atom stereocenters. The molecule has 0 fully saturated rings. The zero-order chi connectivity index (χ0) is 18.8. The summed E-state index contributed by atoms with van der Waals surface area (Å²) in [6.07, 6.45) is -5.67. The zero-order valence-corrected chi connectivity index (χ0v) is 13.4. The maximum atomic E-state index is 13.0. The Labute approximate surface area is 141 Å². The van der Waals surface area contributed by atoms with Gasteiger partial charge in [-0.25, -0.2) is 19.5 Å². The fourth-order valence-corrected chi connectivity index (χ4v) is 2.56. The first kappa shape index (κ1) is 18.4. The second-order valence-electron chi connectivity index (χ2n) is 5.28. The monoisotopic (exact) mass is 353 g/mol. The van der Waals surface area contributed by atoms with Crippen molar-refractivity contribution in [3.05, 3.63) is 35.4 Å². The van der Waals surface area contributed by atoms with Gasteiger partial charge in [0.25, 0.3) is 0 Å². The lowest BCUT2D eigenvalue weighted by atomic mass is 9.87. The lowest BCUT2D eigenvalue weighted by Gasteiger charge is -2.34. The number of nitriles is 1. The number of carbonyl (C=O) groups is 2. The van der Waals surface area contributed by atoms with E-state index in [1.165, 1.54) is 19.9 Å². The normalized spacial score (nSPS) is 20.7. The largest absolute Gasteiger partial charge is 0.449 e. The standard InChI is InChI=1S/C16H14F3N3O3/c1-3-25-15(24)22-13(12(8-20)9(2)21-14(22)23)10-5-4-6-11(7-10)16(17,18)19/h4-7,12-13H,3H2,1-2H3. The van der Waals surface area contributed by atoms with E-state index in [1.54, 1.807) is 0 Å². The smallest absolute Gasteiger partial charge is 0.418 e. The molecule has 2 unspecified atom stereocenters. The lowest BCUT2D eigenvalue weighted by molar-refractivity contribution is -0.137. The SMILES string of the molecule is CCOC(=O)N1C(=O)N=C(C)C(C#N)C1c1cccc(C(F)(F)F)c1. The summed E-state index contributed by atoms with van der Waals surface area (Å²) in [4.78, 5) is 28.5. The number of ether oxygens (including phenoxy) is 1. The summed E-state index contributed by atoms with van der Waals surface area (Å²) < 4.78 is 43.7. The highest BCUT2D eigenvalue weighted by Gasteiger charge is 2.43. The zero-order valence-electron chi connectivity index (χ0n) is 13.4. The van der Waals surface area contributed by atoms with Crippen LogP contribution in [0.25, 0.3) is 0 Å². The second-order valence-corrected chi connectivity index (χ2v) is 5.28. The van der Waals surface area contributed by atoms with Gasteiger partial charge in [-0.15, -0.1) is 0 Å². The first-order chi connectivity index (χ1) is 11.7. The number of imide groups is 1. The topological polar surface area (TPSA) is 82.8 Å². The number of benzene rings is 1. The second kappa shape index (κ2) is 6.93. The van der Waals surface area contributed by atoms with Crippen molar-refractivity contribution in [2.75, 3.05) is 6.61 Å². The van der Waals surface area contributed by atoms with Crippen LogP contribution in [0.1, 0.15) is 31.0 Å². The van der Waals surface area contributed by atoms with Crippen LogP contribution in [0.5, 0.6) is 0 Å². The van der Waals surface area contributed by atoms with Gasteiger partial charge in [-0.2, -0.15) is 18.4 Å². The van der Waals surface area contributed by atoms with Crippen LogP contribution in [0.4, 0.5) is 22.8 Å². The molecule has 132 valence electrons. The van der Waals surface area contributed by atoms with E-state index in [-0.39, 0.29) is 17.9 Å². The summed E-state index contributed by atoms with van der Waals surface area (Å²) >= 11 is 0. The van der Waals surface area contributed by atoms with Gasteiger partial charge in [0.15, 0.2) is 0 Å². The Hall–Kier alpha value is -2.89. The number of nitrogens with zero attached hydrogens (tertiary/aromatic N) is 3. The van der Waals surface area contributed by atoms with Gasteiger partial charge < -0.3 is 4.74 Å². The Morgan fingerprint density at radius 3 is 2.68 bits per heavy atom. The molecule has 6 nitrogen and oxygen atoms in total. The molecular formula is C16H14F3N3O3. The molecule has 0 saturated heterocycles. The Bertz CT molecular complexity index is 768. The fourth-order valence-electron chi connectivity index (χ4n) is 2.56. The van der Waals surface area contributed by atoms with Gasteiger partial charge in [-0.05, 0) is 31.5 Å². The van der Waals surface area contributed by atoms with Crippen LogP contribution < -0.4 is 0 Å². The Morgan fingerprint density at radius 2 is 2.12 bits per heavy atom. The summed E-state index contributed by atoms with van der Waals surface area (Å²) in [5.41, 5.74) is -0.828. The first-order valence-corrected chi connectivity index (χ1v) is 7.32. The van der Waals surface area contributed by atoms with Gasteiger partial charge in [0, 0.05) is 5.71 Å². The number of amides is 3. The number of carbonyl (C=O) groups excluding carboxylic acids is 2. The minimum Gasteiger partial charge on any atom is -0.449 e. The molecule has 1 heterocycles. The van der Waals surface area contributed by atoms with Crippen LogP contribution in [0.2, 0.25) is 0 Å². The molecule has 0 spiro atoms. The molecule has 0 N–H and O–H groups in total. The minimum absolute atomic E-state index is 0.00275. The van der Waals surface area contributed by atoms with Crippen molar-refractivity contribution in [3.63, 3.8) is 0 Å². The molecule has 25 heavy (non-hydrogen) atoms. The number of aliphatic imine (C=N–C) groups is 1. The molecule has 9 heteroatoms. The average molecular weight is 353 g/mol. The Morgan fingerprint density at radius 1 is 1.44 bits per heavy atom. The molecular weight excluding hydrogens is 339 g/mol. The quantitative estimate of drug-likeness (QED) is 0.806. The van der Waals surface area contributed by atoms with Crippen molar-refractivity contribution in [3.8, 4) is 6.07 Å². The molecule has 0 bridgehead atoms. The summed E-state index contributed by atoms with van der Waals surface area (Å²) in [6.45, 7) is 2.88. The van der Waals surface area contributed by atoms with E-state index in [2.05, 4.69) is 4.99 Å². The molecule has 1 aromatic carbocycles. The number of urea groups is 1. The van der Waals surface area contributed by atoms with Crippen molar-refractivity contribution < 1.29 is 27.5 Å². The third-order valence-corrected chi connectivity index (χ3v) is 3.68. The van der Waals surface area contributed by atoms with Gasteiger partial charge in [0.1, 0.15) is 5.92 Å². The maximum Gasteiger partial charge on any atom is 0.418 e. The molecule has 3 amide bonds. The van der Waals surface area contributed by atoms with Crippen LogP contribution >= 0.6 is 0 Å². The van der Waals surface area contributed by atoms with Crippen LogP contribution in [0.15, 0.2) is 29.3 Å². The van der Waals surface area contributed by atoms with Crippen LogP contribution in [0, 0.1) is 17.2 Å². The van der Waals surface area contributed by atoms with E-state index < -0.39 is 35.8 Å². The molecule has 0 aliphatic carbocycles. The van der Waals surface area contributed by atoms with E-state index in [0.717, 1.165) is 18.2 Å². The Balaban J connectivity index is 2.59. The maximum absolute atomic E-state index is 13.0.